The van der Waals surface area contributed by atoms with Gasteiger partial charge in [-0.1, -0.05) is 0 Å². The number of ether oxygens (including phenoxy) is 6. The number of carboxylic acid groups (broad SMARTS) is 2. The quantitative estimate of drug-likeness (QED) is 0.0924. The number of nitrogens with one attached hydrogen (secondary N) is 2. The van der Waals surface area contributed by atoms with Crippen LogP contribution in [-0.4, -0.2) is 124 Å². The van der Waals surface area contributed by atoms with E-state index in [0.29, 0.717) is 74.5 Å². The first-order valence-electron chi connectivity index (χ1n) is 16.8. The van der Waals surface area contributed by atoms with Gasteiger partial charge in [-0.3, -0.25) is 19.3 Å². The van der Waals surface area contributed by atoms with E-state index in [0.717, 1.165) is 0 Å². The van der Waals surface area contributed by atoms with Crippen molar-refractivity contribution in [3.63, 3.8) is 0 Å². The number of methoxy groups -OCH3 is 5. The van der Waals surface area contributed by atoms with E-state index in [2.05, 4.69) is 10.6 Å². The number of aliphatic carboxylic acids is 2. The summed E-state index contributed by atoms with van der Waals surface area (Å²) in [6.07, 6.45) is 2.32. The predicted octanol–water partition coefficient (Wildman–Crippen LogP) is 3.26. The van der Waals surface area contributed by atoms with Gasteiger partial charge in [0.2, 0.25) is 17.6 Å². The maximum absolute atomic E-state index is 13.0. The van der Waals surface area contributed by atoms with Crippen molar-refractivity contribution in [1.29, 1.82) is 0 Å². The average molecular weight is 745 g/mol. The van der Waals surface area contributed by atoms with Crippen LogP contribution in [0.4, 0.5) is 11.4 Å². The fourth-order valence-electron chi connectivity index (χ4n) is 6.02. The van der Waals surface area contributed by atoms with Gasteiger partial charge in [0.05, 0.1) is 47.2 Å². The van der Waals surface area contributed by atoms with Crippen LogP contribution in [0.15, 0.2) is 35.9 Å². The van der Waals surface area contributed by atoms with E-state index in [9.17, 15) is 34.2 Å². The summed E-state index contributed by atoms with van der Waals surface area (Å²) in [5.41, 5.74) is 0.429. The standard InChI is InChI=1S/C36H48N4O13/c1-22(41)53-24-18-27(48-2)34(28(19-24)49-3)38-32(43)10-7-12-39-13-9-15-40(26(21-39)25(36(46)47)20-33(44)45)14-8-11-31(42)37-23-16-29(50-4)35(52-6)30(17-23)51-5/h16-20,26H,7-15,21H2,1-6H3,(H,37,42)(H,38,43)(H,44,45)(H,46,47). The van der Waals surface area contributed by atoms with Gasteiger partial charge in [-0.15, -0.1) is 0 Å². The zero-order chi connectivity index (χ0) is 39.1. The second-order valence-corrected chi connectivity index (χ2v) is 12.0. The summed E-state index contributed by atoms with van der Waals surface area (Å²) in [5.74, 6) is -2.12. The highest BCUT2D eigenvalue weighted by molar-refractivity contribution is 5.96. The second kappa shape index (κ2) is 20.5. The Labute approximate surface area is 307 Å². The van der Waals surface area contributed by atoms with E-state index in [-0.39, 0.29) is 59.7 Å². The highest BCUT2D eigenvalue weighted by Gasteiger charge is 2.32. The molecule has 17 heteroatoms. The van der Waals surface area contributed by atoms with Gasteiger partial charge in [0.25, 0.3) is 0 Å². The van der Waals surface area contributed by atoms with Crippen LogP contribution in [0.3, 0.4) is 0 Å². The van der Waals surface area contributed by atoms with Crippen molar-refractivity contribution >= 4 is 41.1 Å². The van der Waals surface area contributed by atoms with Crippen molar-refractivity contribution in [3.05, 3.63) is 35.9 Å². The normalized spacial score (nSPS) is 15.1. The largest absolute Gasteiger partial charge is 0.494 e. The zero-order valence-corrected chi connectivity index (χ0v) is 30.8. The number of hydrogen-bond acceptors (Lipinski definition) is 13. The zero-order valence-electron chi connectivity index (χ0n) is 30.8. The van der Waals surface area contributed by atoms with Crippen LogP contribution < -0.4 is 39.1 Å². The summed E-state index contributed by atoms with van der Waals surface area (Å²) in [6, 6.07) is 5.33. The fourth-order valence-corrected chi connectivity index (χ4v) is 6.02. The second-order valence-electron chi connectivity index (χ2n) is 12.0. The number of rotatable bonds is 19. The molecule has 0 spiro atoms. The summed E-state index contributed by atoms with van der Waals surface area (Å²) < 4.78 is 31.9. The number of hydrogen-bond donors (Lipinski definition) is 4. The third-order valence-electron chi connectivity index (χ3n) is 8.36. The van der Waals surface area contributed by atoms with Gasteiger partial charge in [-0.2, -0.15) is 0 Å². The Bertz CT molecular complexity index is 1610. The Hall–Kier alpha value is -5.55. The molecule has 290 valence electrons. The van der Waals surface area contributed by atoms with Gasteiger partial charge in [0.1, 0.15) is 22.9 Å². The summed E-state index contributed by atoms with van der Waals surface area (Å²) in [6.45, 7) is 3.25. The minimum Gasteiger partial charge on any atom is -0.494 e. The molecule has 0 aromatic heterocycles. The van der Waals surface area contributed by atoms with Crippen LogP contribution in [0.5, 0.6) is 34.5 Å². The maximum atomic E-state index is 13.0. The van der Waals surface area contributed by atoms with Crippen LogP contribution >= 0.6 is 0 Å². The Morgan fingerprint density at radius 1 is 0.774 bits per heavy atom. The van der Waals surface area contributed by atoms with Crippen molar-refractivity contribution in [2.45, 2.75) is 45.1 Å². The molecule has 17 nitrogen and oxygen atoms in total. The molecule has 0 aliphatic carbocycles. The van der Waals surface area contributed by atoms with Crippen molar-refractivity contribution in [1.82, 2.24) is 9.80 Å². The van der Waals surface area contributed by atoms with E-state index in [4.69, 9.17) is 28.4 Å². The van der Waals surface area contributed by atoms with E-state index >= 15 is 0 Å². The lowest BCUT2D eigenvalue weighted by atomic mass is 10.0. The highest BCUT2D eigenvalue weighted by atomic mass is 16.5. The molecule has 1 fully saturated rings. The Morgan fingerprint density at radius 2 is 1.34 bits per heavy atom. The third kappa shape index (κ3) is 12.3. The summed E-state index contributed by atoms with van der Waals surface area (Å²) >= 11 is 0. The Kier molecular flexibility index (Phi) is 16.2. The number of carboxylic acids is 2. The maximum Gasteiger partial charge on any atom is 0.333 e. The number of esters is 1. The van der Waals surface area contributed by atoms with Crippen LogP contribution in [0.25, 0.3) is 0 Å². The van der Waals surface area contributed by atoms with E-state index in [1.165, 1.54) is 54.6 Å². The lowest BCUT2D eigenvalue weighted by Gasteiger charge is -2.32. The van der Waals surface area contributed by atoms with Crippen LogP contribution in [-0.2, 0) is 24.0 Å². The summed E-state index contributed by atoms with van der Waals surface area (Å²) in [7, 11) is 7.21. The molecule has 1 saturated heterocycles. The molecule has 1 aliphatic heterocycles. The van der Waals surface area contributed by atoms with Crippen molar-refractivity contribution in [3.8, 4) is 34.5 Å². The molecule has 0 bridgehead atoms. The molecule has 1 unspecified atom stereocenters. The third-order valence-corrected chi connectivity index (χ3v) is 8.36. The van der Waals surface area contributed by atoms with E-state index in [1.807, 2.05) is 9.80 Å². The van der Waals surface area contributed by atoms with Gasteiger partial charge in [0, 0.05) is 68.9 Å². The fraction of sp³-hybridized carbons (Fsp3) is 0.472. The van der Waals surface area contributed by atoms with Crippen molar-refractivity contribution in [2.75, 3.05) is 78.9 Å². The van der Waals surface area contributed by atoms with Crippen molar-refractivity contribution < 1.29 is 62.6 Å². The Morgan fingerprint density at radius 3 is 1.85 bits per heavy atom. The predicted molar refractivity (Wildman–Crippen MR) is 192 cm³/mol. The number of nitrogens with zero attached hydrogens (tertiary/aromatic N) is 2. The molecular weight excluding hydrogens is 696 g/mol. The SMILES string of the molecule is COc1cc(OC(C)=O)cc(OC)c1NC(=O)CCCN1CCCN(CCCC(=O)Nc2cc(OC)c(OC)c(OC)c2)C(C(=CC(=O)O)C(=O)O)C1. The van der Waals surface area contributed by atoms with Gasteiger partial charge in [-0.05, 0) is 38.9 Å². The minimum absolute atomic E-state index is 0.0979. The van der Waals surface area contributed by atoms with Crippen LogP contribution in [0, 0.1) is 0 Å². The summed E-state index contributed by atoms with van der Waals surface area (Å²) in [5, 5.41) is 25.1. The molecule has 1 atom stereocenters. The smallest absolute Gasteiger partial charge is 0.333 e. The first-order chi connectivity index (χ1) is 25.3. The summed E-state index contributed by atoms with van der Waals surface area (Å²) in [4.78, 5) is 65.2. The number of amides is 2. The topological polar surface area (TPSA) is 212 Å². The van der Waals surface area contributed by atoms with Gasteiger partial charge in [-0.25, -0.2) is 9.59 Å². The van der Waals surface area contributed by atoms with E-state index < -0.39 is 23.9 Å². The minimum atomic E-state index is -1.38. The Balaban J connectivity index is 1.66. The number of carbonyl (C=O) groups excluding carboxylic acids is 3. The van der Waals surface area contributed by atoms with E-state index in [1.54, 1.807) is 12.1 Å². The first kappa shape index (κ1) is 41.9. The van der Waals surface area contributed by atoms with Crippen molar-refractivity contribution in [2.24, 2.45) is 0 Å². The lowest BCUT2D eigenvalue weighted by Crippen LogP contribution is -2.45. The molecule has 1 aliphatic rings. The number of anilines is 2. The molecule has 4 N–H and O–H groups in total. The highest BCUT2D eigenvalue weighted by Crippen LogP contribution is 2.40. The first-order valence-corrected chi connectivity index (χ1v) is 16.8. The molecule has 53 heavy (non-hydrogen) atoms. The van der Waals surface area contributed by atoms with Gasteiger partial charge >= 0.3 is 17.9 Å². The molecule has 2 aromatic carbocycles. The number of carbonyl (C=O) groups is 5. The molecule has 2 amide bonds. The number of benzene rings is 2. The molecular formula is C36H48N4O13. The lowest BCUT2D eigenvalue weighted by molar-refractivity contribution is -0.135. The monoisotopic (exact) mass is 744 g/mol. The molecule has 3 rings (SSSR count). The molecule has 2 aromatic rings. The molecule has 0 radical (unpaired) electrons. The van der Waals surface area contributed by atoms with Gasteiger partial charge < -0.3 is 54.2 Å². The van der Waals surface area contributed by atoms with Crippen LogP contribution in [0.1, 0.15) is 39.0 Å². The molecule has 0 saturated carbocycles. The van der Waals surface area contributed by atoms with Gasteiger partial charge in [0.15, 0.2) is 11.5 Å². The average Bonchev–Trinajstić information content (AvgIpc) is 3.31. The van der Waals surface area contributed by atoms with Crippen LogP contribution in [0.2, 0.25) is 0 Å². The molecule has 1 heterocycles.